The van der Waals surface area contributed by atoms with Crippen LogP contribution in [0.25, 0.3) is 0 Å². The highest BCUT2D eigenvalue weighted by molar-refractivity contribution is 5.05. The smallest absolute Gasteiger partial charge is 0.0113 e. The highest BCUT2D eigenvalue weighted by Gasteiger charge is 2.54. The van der Waals surface area contributed by atoms with E-state index in [1.54, 1.807) is 0 Å². The summed E-state index contributed by atoms with van der Waals surface area (Å²) in [4.78, 5) is 7.82. The normalized spacial score (nSPS) is 39.9. The van der Waals surface area contributed by atoms with Crippen LogP contribution in [0.4, 0.5) is 0 Å². The fourth-order valence-electron chi connectivity index (χ4n) is 3.89. The molecule has 3 nitrogen and oxygen atoms in total. The molecule has 3 heteroatoms. The summed E-state index contributed by atoms with van der Waals surface area (Å²) in [6.07, 6.45) is 0. The van der Waals surface area contributed by atoms with Crippen molar-refractivity contribution in [3.63, 3.8) is 0 Å². The quantitative estimate of drug-likeness (QED) is 0.719. The molecule has 98 valence electrons. The van der Waals surface area contributed by atoms with Crippen molar-refractivity contribution in [2.75, 3.05) is 52.9 Å². The van der Waals surface area contributed by atoms with E-state index >= 15 is 0 Å². The van der Waals surface area contributed by atoms with Gasteiger partial charge in [-0.15, -0.1) is 0 Å². The maximum atomic E-state index is 2.71. The van der Waals surface area contributed by atoms with Gasteiger partial charge in [-0.05, 0) is 38.6 Å². The van der Waals surface area contributed by atoms with E-state index in [1.807, 2.05) is 0 Å². The van der Waals surface area contributed by atoms with Gasteiger partial charge >= 0.3 is 0 Å². The molecule has 0 bridgehead atoms. The summed E-state index contributed by atoms with van der Waals surface area (Å²) >= 11 is 0. The first kappa shape index (κ1) is 11.9. The van der Waals surface area contributed by atoms with Crippen LogP contribution in [0.1, 0.15) is 13.8 Å². The number of hydrogen-bond donors (Lipinski definition) is 0. The summed E-state index contributed by atoms with van der Waals surface area (Å²) in [5, 5.41) is 0. The highest BCUT2D eigenvalue weighted by atomic mass is 15.3. The molecule has 0 amide bonds. The molecule has 2 aliphatic heterocycles. The first-order valence-electron chi connectivity index (χ1n) is 7.30. The molecule has 2 heterocycles. The van der Waals surface area contributed by atoms with E-state index in [0.717, 1.165) is 23.8 Å². The minimum atomic E-state index is 0.728. The molecule has 2 saturated heterocycles. The van der Waals surface area contributed by atoms with Gasteiger partial charge in [0.15, 0.2) is 0 Å². The van der Waals surface area contributed by atoms with Crippen LogP contribution < -0.4 is 0 Å². The number of rotatable bonds is 3. The third kappa shape index (κ3) is 2.38. The van der Waals surface area contributed by atoms with Crippen molar-refractivity contribution in [1.29, 1.82) is 0 Å². The van der Waals surface area contributed by atoms with Crippen molar-refractivity contribution in [3.8, 4) is 0 Å². The summed E-state index contributed by atoms with van der Waals surface area (Å²) in [7, 11) is 2.27. The molecular weight excluding hydrogens is 210 g/mol. The number of piperazine rings is 1. The predicted molar refractivity (Wildman–Crippen MR) is 71.1 cm³/mol. The molecule has 3 fully saturated rings. The number of hydrogen-bond acceptors (Lipinski definition) is 3. The van der Waals surface area contributed by atoms with Crippen molar-refractivity contribution >= 4 is 0 Å². The second-order valence-electron chi connectivity index (χ2n) is 6.64. The van der Waals surface area contributed by atoms with E-state index in [2.05, 4.69) is 35.6 Å². The van der Waals surface area contributed by atoms with Gasteiger partial charge < -0.3 is 9.80 Å². The van der Waals surface area contributed by atoms with Crippen LogP contribution in [0.3, 0.4) is 0 Å². The Morgan fingerprint density at radius 1 is 1.00 bits per heavy atom. The Labute approximate surface area is 106 Å². The summed E-state index contributed by atoms with van der Waals surface area (Å²) in [5.74, 6) is 3.13. The van der Waals surface area contributed by atoms with Crippen LogP contribution >= 0.6 is 0 Å². The zero-order valence-corrected chi connectivity index (χ0v) is 11.6. The lowest BCUT2D eigenvalue weighted by Gasteiger charge is -2.37. The molecule has 0 spiro atoms. The standard InChI is InChI=1S/C14H27N3/c1-11(2)17-6-4-16(5-7-17)10-14-12-8-15(3)9-13(12)14/h11-14H,4-10H2,1-3H3/t12-,13+,14+. The van der Waals surface area contributed by atoms with Crippen molar-refractivity contribution < 1.29 is 0 Å². The fraction of sp³-hybridized carbons (Fsp3) is 1.00. The van der Waals surface area contributed by atoms with E-state index in [1.165, 1.54) is 45.8 Å². The molecule has 1 saturated carbocycles. The van der Waals surface area contributed by atoms with E-state index in [9.17, 15) is 0 Å². The van der Waals surface area contributed by atoms with E-state index in [-0.39, 0.29) is 0 Å². The molecule has 0 unspecified atom stereocenters. The molecule has 0 aromatic rings. The Morgan fingerprint density at radius 3 is 2.12 bits per heavy atom. The molecule has 0 N–H and O–H groups in total. The zero-order valence-electron chi connectivity index (χ0n) is 11.6. The zero-order chi connectivity index (χ0) is 12.0. The summed E-state index contributed by atoms with van der Waals surface area (Å²) in [6, 6.07) is 0.728. The van der Waals surface area contributed by atoms with E-state index in [4.69, 9.17) is 0 Å². The van der Waals surface area contributed by atoms with Gasteiger partial charge in [0, 0.05) is 51.9 Å². The van der Waals surface area contributed by atoms with Crippen molar-refractivity contribution in [3.05, 3.63) is 0 Å². The molecule has 1 aliphatic carbocycles. The summed E-state index contributed by atoms with van der Waals surface area (Å²) in [5.41, 5.74) is 0. The maximum Gasteiger partial charge on any atom is 0.0113 e. The number of fused-ring (bicyclic) bond motifs is 1. The minimum Gasteiger partial charge on any atom is -0.306 e. The third-order valence-corrected chi connectivity index (χ3v) is 5.16. The van der Waals surface area contributed by atoms with E-state index in [0.29, 0.717) is 0 Å². The Morgan fingerprint density at radius 2 is 1.59 bits per heavy atom. The van der Waals surface area contributed by atoms with Crippen LogP contribution in [0.15, 0.2) is 0 Å². The average Bonchev–Trinajstić information content (AvgIpc) is 2.75. The molecule has 0 radical (unpaired) electrons. The minimum absolute atomic E-state index is 0.728. The maximum absolute atomic E-state index is 2.71. The Kier molecular flexibility index (Phi) is 3.18. The van der Waals surface area contributed by atoms with Crippen molar-refractivity contribution in [1.82, 2.24) is 14.7 Å². The molecule has 0 aromatic heterocycles. The van der Waals surface area contributed by atoms with Crippen LogP contribution in [-0.4, -0.2) is 73.6 Å². The van der Waals surface area contributed by atoms with Gasteiger partial charge in [-0.25, -0.2) is 0 Å². The van der Waals surface area contributed by atoms with Gasteiger partial charge in [-0.1, -0.05) is 0 Å². The largest absolute Gasteiger partial charge is 0.306 e. The van der Waals surface area contributed by atoms with Crippen LogP contribution in [0, 0.1) is 17.8 Å². The van der Waals surface area contributed by atoms with Gasteiger partial charge in [0.25, 0.3) is 0 Å². The average molecular weight is 237 g/mol. The third-order valence-electron chi connectivity index (χ3n) is 5.16. The van der Waals surface area contributed by atoms with Crippen molar-refractivity contribution in [2.45, 2.75) is 19.9 Å². The Hall–Kier alpha value is -0.120. The fourth-order valence-corrected chi connectivity index (χ4v) is 3.89. The molecule has 3 aliphatic rings. The molecule has 0 aromatic carbocycles. The monoisotopic (exact) mass is 237 g/mol. The number of piperidine rings is 1. The van der Waals surface area contributed by atoms with Gasteiger partial charge in [0.1, 0.15) is 0 Å². The van der Waals surface area contributed by atoms with Gasteiger partial charge in [-0.3, -0.25) is 4.90 Å². The Bertz CT molecular complexity index is 259. The highest BCUT2D eigenvalue weighted by Crippen LogP contribution is 2.51. The SMILES string of the molecule is CC(C)N1CCN(C[C@H]2[C@@H]3CN(C)C[C@@H]32)CC1. The van der Waals surface area contributed by atoms with E-state index < -0.39 is 0 Å². The molecular formula is C14H27N3. The lowest BCUT2D eigenvalue weighted by Crippen LogP contribution is -2.49. The van der Waals surface area contributed by atoms with Crippen molar-refractivity contribution in [2.24, 2.45) is 17.8 Å². The molecule has 3 rings (SSSR count). The summed E-state index contributed by atoms with van der Waals surface area (Å²) in [6.45, 7) is 13.9. The molecule has 17 heavy (non-hydrogen) atoms. The Balaban J connectivity index is 1.41. The lowest BCUT2D eigenvalue weighted by molar-refractivity contribution is 0.101. The first-order chi connectivity index (χ1) is 8.15. The number of nitrogens with zero attached hydrogens (tertiary/aromatic N) is 3. The predicted octanol–water partition coefficient (Wildman–Crippen LogP) is 0.820. The lowest BCUT2D eigenvalue weighted by atomic mass is 10.2. The van der Waals surface area contributed by atoms with Gasteiger partial charge in [-0.2, -0.15) is 0 Å². The first-order valence-corrected chi connectivity index (χ1v) is 7.30. The molecule has 3 atom stereocenters. The second-order valence-corrected chi connectivity index (χ2v) is 6.64. The topological polar surface area (TPSA) is 9.72 Å². The summed E-state index contributed by atoms with van der Waals surface area (Å²) < 4.78 is 0. The van der Waals surface area contributed by atoms with Gasteiger partial charge in [0.05, 0.1) is 0 Å². The second kappa shape index (κ2) is 4.52. The van der Waals surface area contributed by atoms with Crippen LogP contribution in [0.2, 0.25) is 0 Å². The van der Waals surface area contributed by atoms with Gasteiger partial charge in [0.2, 0.25) is 0 Å². The van der Waals surface area contributed by atoms with Crippen LogP contribution in [0.5, 0.6) is 0 Å². The number of likely N-dealkylation sites (tertiary alicyclic amines) is 1. The van der Waals surface area contributed by atoms with Crippen LogP contribution in [-0.2, 0) is 0 Å².